The van der Waals surface area contributed by atoms with Crippen LogP contribution in [0.5, 0.6) is 11.6 Å². The summed E-state index contributed by atoms with van der Waals surface area (Å²) in [5.74, 6) is 0.333. The number of nitriles is 1. The SMILES string of the molecule is Cc1ccc(Oc2nc3c(C)cccn3c(=O)c2C=C(C#N)S(=O)(=O)c2ccc(C)cc2)cc1. The zero-order chi connectivity index (χ0) is 24.5. The topological polar surface area (TPSA) is 102 Å². The van der Waals surface area contributed by atoms with Crippen LogP contribution in [0.2, 0.25) is 0 Å². The summed E-state index contributed by atoms with van der Waals surface area (Å²) in [4.78, 5) is 17.3. The van der Waals surface area contributed by atoms with Crippen LogP contribution in [0, 0.1) is 32.1 Å². The maximum absolute atomic E-state index is 13.4. The Balaban J connectivity index is 1.95. The largest absolute Gasteiger partial charge is 0.438 e. The van der Waals surface area contributed by atoms with Crippen LogP contribution < -0.4 is 10.3 Å². The van der Waals surface area contributed by atoms with Gasteiger partial charge in [0.05, 0.1) is 4.90 Å². The molecule has 7 nitrogen and oxygen atoms in total. The molecule has 0 amide bonds. The van der Waals surface area contributed by atoms with Crippen LogP contribution in [0.4, 0.5) is 0 Å². The molecule has 0 aliphatic rings. The lowest BCUT2D eigenvalue weighted by Crippen LogP contribution is -2.20. The summed E-state index contributed by atoms with van der Waals surface area (Å²) in [6, 6.07) is 18.5. The molecule has 2 heterocycles. The van der Waals surface area contributed by atoms with Gasteiger partial charge >= 0.3 is 0 Å². The van der Waals surface area contributed by atoms with Crippen molar-refractivity contribution in [2.45, 2.75) is 25.7 Å². The van der Waals surface area contributed by atoms with E-state index in [-0.39, 0.29) is 16.3 Å². The van der Waals surface area contributed by atoms with Gasteiger partial charge in [0, 0.05) is 6.20 Å². The van der Waals surface area contributed by atoms with Gasteiger partial charge in [0.2, 0.25) is 15.7 Å². The molecule has 0 bridgehead atoms. The molecule has 0 aliphatic carbocycles. The van der Waals surface area contributed by atoms with Gasteiger partial charge in [0.15, 0.2) is 0 Å². The molecule has 2 aromatic heterocycles. The van der Waals surface area contributed by atoms with Gasteiger partial charge in [-0.1, -0.05) is 41.5 Å². The van der Waals surface area contributed by atoms with Crippen molar-refractivity contribution >= 4 is 21.6 Å². The zero-order valence-corrected chi connectivity index (χ0v) is 19.6. The number of hydrogen-bond acceptors (Lipinski definition) is 6. The average Bonchev–Trinajstić information content (AvgIpc) is 2.81. The third-order valence-corrected chi connectivity index (χ3v) is 6.97. The summed E-state index contributed by atoms with van der Waals surface area (Å²) in [5, 5.41) is 9.73. The molecule has 0 fully saturated rings. The number of allylic oxidation sites excluding steroid dienone is 1. The van der Waals surface area contributed by atoms with E-state index < -0.39 is 20.3 Å². The Bertz CT molecular complexity index is 1630. The van der Waals surface area contributed by atoms with Crippen molar-refractivity contribution in [1.82, 2.24) is 9.38 Å². The summed E-state index contributed by atoms with van der Waals surface area (Å²) in [6.07, 6.45) is 2.56. The lowest BCUT2D eigenvalue weighted by molar-refractivity contribution is 0.460. The third-order valence-electron chi connectivity index (χ3n) is 5.29. The number of rotatable bonds is 5. The number of ether oxygens (including phenoxy) is 1. The van der Waals surface area contributed by atoms with E-state index in [1.54, 1.807) is 49.4 Å². The first kappa shape index (κ1) is 23.0. The van der Waals surface area contributed by atoms with Crippen molar-refractivity contribution < 1.29 is 13.2 Å². The fraction of sp³-hybridized carbons (Fsp3) is 0.115. The summed E-state index contributed by atoms with van der Waals surface area (Å²) in [5.41, 5.74) is 2.30. The second-order valence-corrected chi connectivity index (χ2v) is 9.79. The monoisotopic (exact) mass is 471 g/mol. The molecule has 0 atom stereocenters. The Morgan fingerprint density at radius 3 is 2.24 bits per heavy atom. The fourth-order valence-electron chi connectivity index (χ4n) is 3.36. The molecule has 0 aliphatic heterocycles. The van der Waals surface area contributed by atoms with E-state index in [2.05, 4.69) is 4.98 Å². The first-order valence-electron chi connectivity index (χ1n) is 10.4. The predicted octanol–water partition coefficient (Wildman–Crippen LogP) is 4.75. The minimum atomic E-state index is -4.17. The van der Waals surface area contributed by atoms with E-state index in [0.29, 0.717) is 11.4 Å². The summed E-state index contributed by atoms with van der Waals surface area (Å²) in [6.45, 7) is 5.56. The zero-order valence-electron chi connectivity index (χ0n) is 18.8. The number of nitrogens with zero attached hydrogens (tertiary/aromatic N) is 3. The summed E-state index contributed by atoms with van der Waals surface area (Å²) >= 11 is 0. The van der Waals surface area contributed by atoms with Crippen molar-refractivity contribution in [2.24, 2.45) is 0 Å². The van der Waals surface area contributed by atoms with E-state index in [1.165, 1.54) is 22.7 Å². The van der Waals surface area contributed by atoms with Crippen molar-refractivity contribution in [1.29, 1.82) is 5.26 Å². The minimum absolute atomic E-state index is 0.0448. The molecule has 4 rings (SSSR count). The molecular weight excluding hydrogens is 450 g/mol. The number of aromatic nitrogens is 2. The molecule has 170 valence electrons. The molecule has 0 radical (unpaired) electrons. The molecule has 0 saturated heterocycles. The van der Waals surface area contributed by atoms with Crippen LogP contribution in [-0.2, 0) is 9.84 Å². The Morgan fingerprint density at radius 1 is 1.00 bits per heavy atom. The number of fused-ring (bicyclic) bond motifs is 1. The van der Waals surface area contributed by atoms with Crippen LogP contribution in [0.25, 0.3) is 11.7 Å². The van der Waals surface area contributed by atoms with Crippen molar-refractivity contribution in [3.63, 3.8) is 0 Å². The molecule has 34 heavy (non-hydrogen) atoms. The van der Waals surface area contributed by atoms with Crippen LogP contribution in [-0.4, -0.2) is 17.8 Å². The average molecular weight is 472 g/mol. The smallest absolute Gasteiger partial charge is 0.269 e. The van der Waals surface area contributed by atoms with Gasteiger partial charge in [-0.2, -0.15) is 10.2 Å². The van der Waals surface area contributed by atoms with E-state index in [4.69, 9.17) is 4.74 Å². The van der Waals surface area contributed by atoms with Gasteiger partial charge < -0.3 is 4.74 Å². The predicted molar refractivity (Wildman–Crippen MR) is 129 cm³/mol. The maximum atomic E-state index is 13.4. The van der Waals surface area contributed by atoms with E-state index in [9.17, 15) is 18.5 Å². The minimum Gasteiger partial charge on any atom is -0.438 e. The molecule has 0 N–H and O–H groups in total. The van der Waals surface area contributed by atoms with Crippen LogP contribution >= 0.6 is 0 Å². The fourth-order valence-corrected chi connectivity index (χ4v) is 4.50. The highest BCUT2D eigenvalue weighted by Crippen LogP contribution is 2.27. The highest BCUT2D eigenvalue weighted by Gasteiger charge is 2.23. The molecule has 4 aromatic rings. The molecule has 0 saturated carbocycles. The maximum Gasteiger partial charge on any atom is 0.269 e. The van der Waals surface area contributed by atoms with E-state index in [1.807, 2.05) is 26.0 Å². The normalized spacial score (nSPS) is 11.9. The Labute approximate surface area is 197 Å². The molecule has 2 aromatic carbocycles. The highest BCUT2D eigenvalue weighted by molar-refractivity contribution is 7.95. The lowest BCUT2D eigenvalue weighted by atomic mass is 10.2. The Morgan fingerprint density at radius 2 is 1.62 bits per heavy atom. The molecule has 0 spiro atoms. The quantitative estimate of drug-likeness (QED) is 0.389. The van der Waals surface area contributed by atoms with Gasteiger partial charge in [0.25, 0.3) is 5.56 Å². The Kier molecular flexibility index (Phi) is 6.05. The van der Waals surface area contributed by atoms with Gasteiger partial charge in [-0.25, -0.2) is 8.42 Å². The number of benzene rings is 2. The number of pyridine rings is 1. The van der Waals surface area contributed by atoms with E-state index in [0.717, 1.165) is 22.8 Å². The number of hydrogen-bond donors (Lipinski definition) is 0. The first-order chi connectivity index (χ1) is 16.2. The van der Waals surface area contributed by atoms with Crippen LogP contribution in [0.3, 0.4) is 0 Å². The second kappa shape index (κ2) is 8.96. The number of sulfone groups is 1. The molecular formula is C26H21N3O4S. The van der Waals surface area contributed by atoms with E-state index >= 15 is 0 Å². The number of aryl methyl sites for hydroxylation is 3. The van der Waals surface area contributed by atoms with Gasteiger partial charge in [-0.3, -0.25) is 9.20 Å². The first-order valence-corrected chi connectivity index (χ1v) is 11.9. The second-order valence-electron chi connectivity index (χ2n) is 7.87. The van der Waals surface area contributed by atoms with Crippen molar-refractivity contribution in [2.75, 3.05) is 0 Å². The van der Waals surface area contributed by atoms with Gasteiger partial charge in [-0.05, 0) is 62.7 Å². The molecule has 0 unspecified atom stereocenters. The van der Waals surface area contributed by atoms with Gasteiger partial charge in [-0.15, -0.1) is 0 Å². The van der Waals surface area contributed by atoms with Crippen LogP contribution in [0.15, 0.2) is 81.5 Å². The standard InChI is InChI=1S/C26H21N3O4S/c1-17-6-10-20(11-7-17)33-25-23(26(30)29-14-4-5-19(3)24(29)28-25)15-22(16-27)34(31,32)21-12-8-18(2)9-13-21/h4-15H,1-3H3. The Hall–Kier alpha value is -4.22. The summed E-state index contributed by atoms with van der Waals surface area (Å²) in [7, 11) is -4.17. The third kappa shape index (κ3) is 4.34. The van der Waals surface area contributed by atoms with Gasteiger partial charge in [0.1, 0.15) is 27.9 Å². The lowest BCUT2D eigenvalue weighted by Gasteiger charge is -2.12. The van der Waals surface area contributed by atoms with Crippen molar-refractivity contribution in [3.8, 4) is 17.7 Å². The van der Waals surface area contributed by atoms with Crippen LogP contribution in [0.1, 0.15) is 22.3 Å². The summed E-state index contributed by atoms with van der Waals surface area (Å²) < 4.78 is 33.5. The molecule has 8 heteroatoms. The highest BCUT2D eigenvalue weighted by atomic mass is 32.2. The van der Waals surface area contributed by atoms with Crippen molar-refractivity contribution in [3.05, 3.63) is 104 Å².